The monoisotopic (exact) mass is 416 g/mol. The molecule has 0 aliphatic carbocycles. The van der Waals surface area contributed by atoms with Gasteiger partial charge in [0.2, 0.25) is 0 Å². The smallest absolute Gasteiger partial charge is 0.142 e. The van der Waals surface area contributed by atoms with Gasteiger partial charge in [0.1, 0.15) is 17.8 Å². The second kappa shape index (κ2) is 15.3. The van der Waals surface area contributed by atoms with E-state index in [-0.39, 0.29) is 0 Å². The molecule has 0 aromatic heterocycles. The first-order chi connectivity index (χ1) is 15.0. The largest absolute Gasteiger partial charge is 0.497 e. The summed E-state index contributed by atoms with van der Waals surface area (Å²) >= 11 is 0. The van der Waals surface area contributed by atoms with Crippen molar-refractivity contribution in [3.63, 3.8) is 0 Å². The second-order valence-corrected chi connectivity index (χ2v) is 6.70. The molecule has 0 fully saturated rings. The lowest BCUT2D eigenvalue weighted by molar-refractivity contribution is -0.104. The number of aldehydes is 1. The summed E-state index contributed by atoms with van der Waals surface area (Å²) in [6, 6.07) is 23.9. The number of benzene rings is 3. The zero-order valence-electron chi connectivity index (χ0n) is 19.0. The quantitative estimate of drug-likeness (QED) is 0.334. The number of carbonyl (C=O) groups is 1. The topological polar surface area (TPSA) is 35.5 Å². The summed E-state index contributed by atoms with van der Waals surface area (Å²) in [6.07, 6.45) is 8.20. The van der Waals surface area contributed by atoms with E-state index in [1.54, 1.807) is 20.3 Å². The van der Waals surface area contributed by atoms with E-state index in [0.717, 1.165) is 23.3 Å². The van der Waals surface area contributed by atoms with E-state index in [9.17, 15) is 4.79 Å². The van der Waals surface area contributed by atoms with Crippen LogP contribution >= 0.6 is 0 Å². The Morgan fingerprint density at radius 1 is 0.613 bits per heavy atom. The van der Waals surface area contributed by atoms with E-state index < -0.39 is 0 Å². The van der Waals surface area contributed by atoms with Crippen LogP contribution in [0.15, 0.2) is 84.9 Å². The van der Waals surface area contributed by atoms with E-state index in [4.69, 9.17) is 9.47 Å². The molecule has 0 aliphatic heterocycles. The normalized spacial score (nSPS) is 9.97. The number of methoxy groups -OCH3 is 2. The van der Waals surface area contributed by atoms with Crippen LogP contribution in [-0.2, 0) is 4.79 Å². The highest BCUT2D eigenvalue weighted by Gasteiger charge is 1.90. The minimum atomic E-state index is 0.778. The van der Waals surface area contributed by atoms with Gasteiger partial charge in [-0.25, -0.2) is 0 Å². The molecule has 31 heavy (non-hydrogen) atoms. The molecule has 3 rings (SSSR count). The molecule has 0 aliphatic rings. The van der Waals surface area contributed by atoms with Crippen LogP contribution < -0.4 is 9.47 Å². The van der Waals surface area contributed by atoms with Crippen LogP contribution in [0.3, 0.4) is 0 Å². The van der Waals surface area contributed by atoms with Gasteiger partial charge in [-0.1, -0.05) is 77.9 Å². The summed E-state index contributed by atoms with van der Waals surface area (Å²) in [7, 11) is 3.28. The van der Waals surface area contributed by atoms with Crippen LogP contribution in [0.25, 0.3) is 12.2 Å². The fraction of sp³-hybridized carbons (Fsp3) is 0.179. The molecule has 0 spiro atoms. The van der Waals surface area contributed by atoms with Crippen molar-refractivity contribution in [2.45, 2.75) is 20.8 Å². The van der Waals surface area contributed by atoms with Crippen molar-refractivity contribution in [2.75, 3.05) is 14.2 Å². The summed E-state index contributed by atoms with van der Waals surface area (Å²) in [5.74, 6) is 1.70. The van der Waals surface area contributed by atoms with Gasteiger partial charge in [0.05, 0.1) is 14.2 Å². The number of rotatable bonds is 5. The Morgan fingerprint density at radius 2 is 1.00 bits per heavy atom. The molecule has 0 radical (unpaired) electrons. The Labute approximate surface area is 186 Å². The van der Waals surface area contributed by atoms with Crippen LogP contribution in [0, 0.1) is 13.8 Å². The van der Waals surface area contributed by atoms with Crippen molar-refractivity contribution < 1.29 is 14.3 Å². The van der Waals surface area contributed by atoms with E-state index in [2.05, 4.69) is 37.3 Å². The lowest BCUT2D eigenvalue weighted by Crippen LogP contribution is -1.83. The van der Waals surface area contributed by atoms with Crippen LogP contribution in [0.4, 0.5) is 0 Å². The maximum absolute atomic E-state index is 9.96. The lowest BCUT2D eigenvalue weighted by Gasteiger charge is -2.00. The van der Waals surface area contributed by atoms with E-state index >= 15 is 0 Å². The molecule has 3 nitrogen and oxygen atoms in total. The highest BCUT2D eigenvalue weighted by molar-refractivity contribution is 5.73. The number of hydrogen-bond acceptors (Lipinski definition) is 3. The number of ether oxygens (including phenoxy) is 2. The molecule has 0 saturated carbocycles. The van der Waals surface area contributed by atoms with Crippen LogP contribution in [0.5, 0.6) is 11.5 Å². The molecule has 3 aromatic rings. The van der Waals surface area contributed by atoms with Gasteiger partial charge >= 0.3 is 0 Å². The van der Waals surface area contributed by atoms with E-state index in [0.29, 0.717) is 0 Å². The SMILES string of the molecule is C/C=C/c1ccc(C)cc1.COc1ccc(OC)cc1.Cc1ccc(/C=C/C=O)cc1. The van der Waals surface area contributed by atoms with Crippen molar-refractivity contribution in [1.82, 2.24) is 0 Å². The van der Waals surface area contributed by atoms with Gasteiger partial charge in [-0.2, -0.15) is 0 Å². The first-order valence-electron chi connectivity index (χ1n) is 10.1. The minimum Gasteiger partial charge on any atom is -0.497 e. The number of aryl methyl sites for hydroxylation is 2. The zero-order chi connectivity index (χ0) is 22.9. The molecule has 0 unspecified atom stereocenters. The van der Waals surface area contributed by atoms with Crippen molar-refractivity contribution in [3.05, 3.63) is 107 Å². The first kappa shape index (κ1) is 25.4. The number of hydrogen-bond donors (Lipinski definition) is 0. The van der Waals surface area contributed by atoms with Gasteiger partial charge in [-0.3, -0.25) is 4.79 Å². The molecule has 3 heteroatoms. The molecular weight excluding hydrogens is 384 g/mol. The summed E-state index contributed by atoms with van der Waals surface area (Å²) in [4.78, 5) is 9.96. The average molecular weight is 417 g/mol. The standard InChI is InChI=1S/C10H10O.C10H12.C8H10O2/c1-9-4-6-10(7-5-9)3-2-8-11;1-3-4-10-7-5-9(2)6-8-10;1-9-7-3-5-8(10-2)6-4-7/h2-8H,1H3;3-8H,1-2H3;3-6H,1-2H3/b3-2+;4-3+;. The Morgan fingerprint density at radius 3 is 1.32 bits per heavy atom. The predicted octanol–water partition coefficient (Wildman–Crippen LogP) is 6.94. The Hall–Kier alpha value is -3.59. The molecule has 162 valence electrons. The maximum Gasteiger partial charge on any atom is 0.142 e. The van der Waals surface area contributed by atoms with Gasteiger partial charge in [0, 0.05) is 0 Å². The second-order valence-electron chi connectivity index (χ2n) is 6.70. The van der Waals surface area contributed by atoms with Crippen LogP contribution in [-0.4, -0.2) is 20.5 Å². The third-order valence-corrected chi connectivity index (χ3v) is 4.18. The first-order valence-corrected chi connectivity index (χ1v) is 10.1. The molecule has 0 amide bonds. The Balaban J connectivity index is 0.000000233. The van der Waals surface area contributed by atoms with E-state index in [1.807, 2.05) is 68.5 Å². The van der Waals surface area contributed by atoms with Crippen molar-refractivity contribution in [1.29, 1.82) is 0 Å². The highest BCUT2D eigenvalue weighted by Crippen LogP contribution is 2.15. The summed E-state index contributed by atoms with van der Waals surface area (Å²) in [6.45, 7) is 6.16. The summed E-state index contributed by atoms with van der Waals surface area (Å²) in [5.41, 5.74) is 4.87. The Kier molecular flexibility index (Phi) is 12.5. The third-order valence-electron chi connectivity index (χ3n) is 4.18. The molecule has 3 aromatic carbocycles. The number of allylic oxidation sites excluding steroid dienone is 2. The fourth-order valence-corrected chi connectivity index (χ4v) is 2.41. The number of carbonyl (C=O) groups excluding carboxylic acids is 1. The summed E-state index contributed by atoms with van der Waals surface area (Å²) < 4.78 is 9.92. The third kappa shape index (κ3) is 11.2. The van der Waals surface area contributed by atoms with E-state index in [1.165, 1.54) is 22.8 Å². The molecular formula is C28H32O3. The Bertz CT molecular complexity index is 897. The van der Waals surface area contributed by atoms with Gasteiger partial charge in [-0.05, 0) is 62.2 Å². The summed E-state index contributed by atoms with van der Waals surface area (Å²) in [5, 5.41) is 0. The van der Waals surface area contributed by atoms with Crippen molar-refractivity contribution in [2.24, 2.45) is 0 Å². The van der Waals surface area contributed by atoms with Crippen molar-refractivity contribution in [3.8, 4) is 11.5 Å². The van der Waals surface area contributed by atoms with Crippen molar-refractivity contribution >= 4 is 18.4 Å². The van der Waals surface area contributed by atoms with Crippen LogP contribution in [0.1, 0.15) is 29.2 Å². The van der Waals surface area contributed by atoms with Gasteiger partial charge in [0.15, 0.2) is 0 Å². The highest BCUT2D eigenvalue weighted by atomic mass is 16.5. The van der Waals surface area contributed by atoms with Gasteiger partial charge in [0.25, 0.3) is 0 Å². The van der Waals surface area contributed by atoms with Crippen LogP contribution in [0.2, 0.25) is 0 Å². The predicted molar refractivity (Wildman–Crippen MR) is 132 cm³/mol. The van der Waals surface area contributed by atoms with Gasteiger partial charge in [-0.15, -0.1) is 0 Å². The molecule has 0 saturated heterocycles. The lowest BCUT2D eigenvalue weighted by atomic mass is 10.1. The molecule has 0 N–H and O–H groups in total. The molecule has 0 atom stereocenters. The molecule has 0 heterocycles. The minimum absolute atomic E-state index is 0.778. The fourth-order valence-electron chi connectivity index (χ4n) is 2.41. The molecule has 0 bridgehead atoms. The maximum atomic E-state index is 9.96. The average Bonchev–Trinajstić information content (AvgIpc) is 2.81. The zero-order valence-corrected chi connectivity index (χ0v) is 19.0. The van der Waals surface area contributed by atoms with Gasteiger partial charge < -0.3 is 9.47 Å².